The molecule has 1 N–H and O–H groups in total. The molecule has 0 bridgehead atoms. The predicted molar refractivity (Wildman–Crippen MR) is 69.1 cm³/mol. The van der Waals surface area contributed by atoms with Crippen LogP contribution in [0.1, 0.15) is 24.6 Å². The molecule has 3 rings (SSSR count). The Kier molecular flexibility index (Phi) is 3.06. The van der Waals surface area contributed by atoms with E-state index in [1.54, 1.807) is 6.20 Å². The van der Waals surface area contributed by atoms with Crippen LogP contribution in [0.15, 0.2) is 24.5 Å². The van der Waals surface area contributed by atoms with Crippen LogP contribution >= 0.6 is 0 Å². The van der Waals surface area contributed by atoms with Gasteiger partial charge in [0, 0.05) is 37.5 Å². The molecule has 0 amide bonds. The van der Waals surface area contributed by atoms with Crippen LogP contribution in [-0.2, 0) is 7.05 Å². The van der Waals surface area contributed by atoms with Crippen LogP contribution in [0.4, 0.5) is 0 Å². The summed E-state index contributed by atoms with van der Waals surface area (Å²) in [5.41, 5.74) is 1.02. The summed E-state index contributed by atoms with van der Waals surface area (Å²) in [7, 11) is 1.94. The van der Waals surface area contributed by atoms with Gasteiger partial charge in [0.1, 0.15) is 0 Å². The van der Waals surface area contributed by atoms with Crippen molar-refractivity contribution < 1.29 is 0 Å². The molecule has 1 unspecified atom stereocenters. The highest BCUT2D eigenvalue weighted by Crippen LogP contribution is 2.23. The fraction of sp³-hybridized carbons (Fsp3) is 0.462. The fourth-order valence-electron chi connectivity index (χ4n) is 2.40. The Balaban J connectivity index is 1.91. The van der Waals surface area contributed by atoms with Gasteiger partial charge in [0.05, 0.1) is 0 Å². The Morgan fingerprint density at radius 2 is 2.39 bits per heavy atom. The van der Waals surface area contributed by atoms with Crippen molar-refractivity contribution >= 4 is 0 Å². The number of aromatic nitrogens is 4. The van der Waals surface area contributed by atoms with E-state index in [1.165, 1.54) is 12.8 Å². The highest BCUT2D eigenvalue weighted by atomic mass is 15.3. The van der Waals surface area contributed by atoms with E-state index in [9.17, 15) is 0 Å². The summed E-state index contributed by atoms with van der Waals surface area (Å²) in [6.07, 6.45) is 5.97. The van der Waals surface area contributed by atoms with Gasteiger partial charge in [0.25, 0.3) is 0 Å². The van der Waals surface area contributed by atoms with Gasteiger partial charge in [-0.05, 0) is 31.5 Å². The zero-order chi connectivity index (χ0) is 12.4. The molecule has 0 spiro atoms. The van der Waals surface area contributed by atoms with E-state index in [4.69, 9.17) is 0 Å². The van der Waals surface area contributed by atoms with Crippen LogP contribution in [0.2, 0.25) is 0 Å². The van der Waals surface area contributed by atoms with Gasteiger partial charge >= 0.3 is 0 Å². The molecule has 0 aliphatic carbocycles. The van der Waals surface area contributed by atoms with Gasteiger partial charge in [-0.3, -0.25) is 4.98 Å². The first kappa shape index (κ1) is 11.3. The minimum Gasteiger partial charge on any atom is -0.316 e. The first-order chi connectivity index (χ1) is 8.84. The average Bonchev–Trinajstić information content (AvgIpc) is 2.83. The van der Waals surface area contributed by atoms with Gasteiger partial charge in [-0.2, -0.15) is 5.10 Å². The molecule has 18 heavy (non-hydrogen) atoms. The summed E-state index contributed by atoms with van der Waals surface area (Å²) in [5, 5.41) is 7.95. The molecule has 94 valence electrons. The lowest BCUT2D eigenvalue weighted by atomic mass is 9.99. The number of nitrogens with zero attached hydrogens (tertiary/aromatic N) is 4. The molecule has 1 aliphatic rings. The van der Waals surface area contributed by atoms with Crippen molar-refractivity contribution in [2.45, 2.75) is 18.8 Å². The van der Waals surface area contributed by atoms with Gasteiger partial charge in [-0.1, -0.05) is 0 Å². The van der Waals surface area contributed by atoms with Crippen molar-refractivity contribution in [1.29, 1.82) is 0 Å². The second kappa shape index (κ2) is 4.86. The summed E-state index contributed by atoms with van der Waals surface area (Å²) < 4.78 is 1.85. The molecule has 0 saturated carbocycles. The van der Waals surface area contributed by atoms with Gasteiger partial charge in [0.15, 0.2) is 11.6 Å². The summed E-state index contributed by atoms with van der Waals surface area (Å²) in [6, 6.07) is 3.94. The Bertz CT molecular complexity index is 513. The highest BCUT2D eigenvalue weighted by molar-refractivity contribution is 5.53. The second-order valence-corrected chi connectivity index (χ2v) is 4.70. The lowest BCUT2D eigenvalue weighted by Gasteiger charge is -2.19. The maximum Gasteiger partial charge on any atom is 0.159 e. The zero-order valence-corrected chi connectivity index (χ0v) is 10.5. The lowest BCUT2D eigenvalue weighted by Crippen LogP contribution is -2.29. The Hall–Kier alpha value is -1.75. The molecule has 1 fully saturated rings. The summed E-state index contributed by atoms with van der Waals surface area (Å²) >= 11 is 0. The number of nitrogens with one attached hydrogen (secondary N) is 1. The van der Waals surface area contributed by atoms with E-state index in [2.05, 4.69) is 20.4 Å². The number of aryl methyl sites for hydroxylation is 1. The minimum absolute atomic E-state index is 0.440. The third kappa shape index (κ3) is 2.13. The fourth-order valence-corrected chi connectivity index (χ4v) is 2.40. The molecule has 1 saturated heterocycles. The highest BCUT2D eigenvalue weighted by Gasteiger charge is 2.20. The molecule has 0 aromatic carbocycles. The molecule has 1 aliphatic heterocycles. The minimum atomic E-state index is 0.440. The summed E-state index contributed by atoms with van der Waals surface area (Å²) in [4.78, 5) is 8.81. The van der Waals surface area contributed by atoms with Crippen molar-refractivity contribution in [3.63, 3.8) is 0 Å². The SMILES string of the molecule is Cn1nc(C2CCCNC2)nc1-c1cccnc1. The van der Waals surface area contributed by atoms with Gasteiger partial charge in [-0.25, -0.2) is 9.67 Å². The zero-order valence-electron chi connectivity index (χ0n) is 10.5. The van der Waals surface area contributed by atoms with Crippen molar-refractivity contribution in [2.24, 2.45) is 7.05 Å². The van der Waals surface area contributed by atoms with Crippen LogP contribution in [0.3, 0.4) is 0 Å². The van der Waals surface area contributed by atoms with E-state index >= 15 is 0 Å². The molecule has 1 atom stereocenters. The van der Waals surface area contributed by atoms with Crippen molar-refractivity contribution in [3.8, 4) is 11.4 Å². The molecule has 2 aromatic heterocycles. The Morgan fingerprint density at radius 1 is 1.44 bits per heavy atom. The molecule has 2 aromatic rings. The van der Waals surface area contributed by atoms with Crippen molar-refractivity contribution in [1.82, 2.24) is 25.1 Å². The first-order valence-electron chi connectivity index (χ1n) is 6.36. The van der Waals surface area contributed by atoms with Crippen LogP contribution in [0.5, 0.6) is 0 Å². The van der Waals surface area contributed by atoms with Gasteiger partial charge in [0.2, 0.25) is 0 Å². The molecule has 3 heterocycles. The number of hydrogen-bond donors (Lipinski definition) is 1. The second-order valence-electron chi connectivity index (χ2n) is 4.70. The van der Waals surface area contributed by atoms with Crippen LogP contribution in [-0.4, -0.2) is 32.8 Å². The van der Waals surface area contributed by atoms with E-state index < -0.39 is 0 Å². The van der Waals surface area contributed by atoms with Gasteiger partial charge in [-0.15, -0.1) is 0 Å². The summed E-state index contributed by atoms with van der Waals surface area (Å²) in [6.45, 7) is 2.09. The van der Waals surface area contributed by atoms with Crippen LogP contribution in [0, 0.1) is 0 Å². The van der Waals surface area contributed by atoms with Gasteiger partial charge < -0.3 is 5.32 Å². The van der Waals surface area contributed by atoms with E-state index in [0.717, 1.165) is 30.3 Å². The molecular weight excluding hydrogens is 226 g/mol. The van der Waals surface area contributed by atoms with Crippen molar-refractivity contribution in [2.75, 3.05) is 13.1 Å². The van der Waals surface area contributed by atoms with E-state index in [-0.39, 0.29) is 0 Å². The van der Waals surface area contributed by atoms with Crippen LogP contribution < -0.4 is 5.32 Å². The number of piperidine rings is 1. The average molecular weight is 243 g/mol. The lowest BCUT2D eigenvalue weighted by molar-refractivity contribution is 0.445. The molecule has 5 heteroatoms. The Labute approximate surface area is 106 Å². The molecular formula is C13H17N5. The summed E-state index contributed by atoms with van der Waals surface area (Å²) in [5.74, 6) is 2.28. The topological polar surface area (TPSA) is 55.6 Å². The smallest absolute Gasteiger partial charge is 0.159 e. The largest absolute Gasteiger partial charge is 0.316 e. The van der Waals surface area contributed by atoms with Crippen LogP contribution in [0.25, 0.3) is 11.4 Å². The number of pyridine rings is 1. The third-order valence-electron chi connectivity index (χ3n) is 3.36. The van der Waals surface area contributed by atoms with Crippen molar-refractivity contribution in [3.05, 3.63) is 30.4 Å². The third-order valence-corrected chi connectivity index (χ3v) is 3.36. The van der Waals surface area contributed by atoms with E-state index in [0.29, 0.717) is 5.92 Å². The Morgan fingerprint density at radius 3 is 3.11 bits per heavy atom. The quantitative estimate of drug-likeness (QED) is 0.865. The van der Waals surface area contributed by atoms with E-state index in [1.807, 2.05) is 30.1 Å². The predicted octanol–water partition coefficient (Wildman–Crippen LogP) is 1.34. The maximum atomic E-state index is 4.68. The monoisotopic (exact) mass is 243 g/mol. The normalized spacial score (nSPS) is 19.9. The molecule has 5 nitrogen and oxygen atoms in total. The maximum absolute atomic E-state index is 4.68. The number of rotatable bonds is 2. The standard InChI is InChI=1S/C13H17N5/c1-18-13(11-5-3-7-15-9-11)16-12(17-18)10-4-2-6-14-8-10/h3,5,7,9-10,14H,2,4,6,8H2,1H3. The number of hydrogen-bond acceptors (Lipinski definition) is 4. The first-order valence-corrected chi connectivity index (χ1v) is 6.36. The molecule has 0 radical (unpaired) electrons.